The second-order valence-electron chi connectivity index (χ2n) is 8.78. The summed E-state index contributed by atoms with van der Waals surface area (Å²) >= 11 is 7.26. The van der Waals surface area contributed by atoms with E-state index in [1.54, 1.807) is 14.2 Å². The van der Waals surface area contributed by atoms with Crippen molar-refractivity contribution in [3.05, 3.63) is 134 Å². The summed E-state index contributed by atoms with van der Waals surface area (Å²) in [5.41, 5.74) is 6.13. The third-order valence-electron chi connectivity index (χ3n) is 7.04. The third kappa shape index (κ3) is 4.46. The van der Waals surface area contributed by atoms with Gasteiger partial charge in [-0.15, -0.1) is 0 Å². The first-order chi connectivity index (χ1) is 17.0. The molecule has 5 rings (SSSR count). The van der Waals surface area contributed by atoms with Gasteiger partial charge in [0.25, 0.3) is 0 Å². The molecule has 35 heavy (non-hydrogen) atoms. The Bertz CT molecular complexity index is 1280. The number of hydrogen-bond donors (Lipinski definition) is 0. The maximum atomic E-state index is 5.48. The van der Waals surface area contributed by atoms with Crippen LogP contribution in [0, 0.1) is 0 Å². The van der Waals surface area contributed by atoms with Crippen LogP contribution in [0.25, 0.3) is 5.57 Å². The fourth-order valence-electron chi connectivity index (χ4n) is 5.33. The number of rotatable bonds is 6. The zero-order valence-corrected chi connectivity index (χ0v) is 22.8. The average molecular weight is 590 g/mol. The summed E-state index contributed by atoms with van der Waals surface area (Å²) in [6, 6.07) is 34.6. The minimum absolute atomic E-state index is 0.115. The maximum absolute atomic E-state index is 5.48. The van der Waals surface area contributed by atoms with Crippen molar-refractivity contribution in [2.24, 2.45) is 0 Å². The van der Waals surface area contributed by atoms with E-state index in [4.69, 9.17) is 9.47 Å². The third-order valence-corrected chi connectivity index (χ3v) is 8.10. The van der Waals surface area contributed by atoms with E-state index in [0.29, 0.717) is 0 Å². The lowest BCUT2D eigenvalue weighted by molar-refractivity contribution is 0.414. The quantitative estimate of drug-likeness (QED) is 0.224. The molecule has 176 valence electrons. The van der Waals surface area contributed by atoms with Crippen LogP contribution in [0.3, 0.4) is 0 Å². The van der Waals surface area contributed by atoms with Gasteiger partial charge in [-0.25, -0.2) is 0 Å². The van der Waals surface area contributed by atoms with Gasteiger partial charge in [-0.3, -0.25) is 0 Å². The fourth-order valence-corrected chi connectivity index (χ4v) is 5.86. The van der Waals surface area contributed by atoms with E-state index in [1.165, 1.54) is 27.8 Å². The van der Waals surface area contributed by atoms with Crippen LogP contribution in [0.1, 0.15) is 34.6 Å². The van der Waals surface area contributed by atoms with E-state index in [1.807, 2.05) is 12.1 Å². The molecule has 0 fully saturated rings. The van der Waals surface area contributed by atoms with Crippen LogP contribution in [-0.2, 0) is 5.41 Å². The van der Waals surface area contributed by atoms with Gasteiger partial charge in [-0.05, 0) is 82.8 Å². The zero-order chi connectivity index (χ0) is 24.4. The van der Waals surface area contributed by atoms with Crippen molar-refractivity contribution in [1.29, 1.82) is 0 Å². The normalized spacial score (nSPS) is 16.6. The molecule has 4 heteroatoms. The minimum Gasteiger partial charge on any atom is -0.497 e. The smallest absolute Gasteiger partial charge is 0.118 e. The SMILES string of the molecule is COc1ccc(C2=CCC(c3ccc(Br)cc3)(c3ccc(Br)cc3)C2c2ccc(OC)cc2)cc1. The Kier molecular flexibility index (Phi) is 6.86. The van der Waals surface area contributed by atoms with E-state index in [2.05, 4.69) is 123 Å². The molecule has 1 aliphatic rings. The molecule has 0 spiro atoms. The van der Waals surface area contributed by atoms with Gasteiger partial charge in [0, 0.05) is 20.3 Å². The molecule has 0 heterocycles. The highest BCUT2D eigenvalue weighted by molar-refractivity contribution is 9.10. The van der Waals surface area contributed by atoms with Crippen molar-refractivity contribution in [3.8, 4) is 11.5 Å². The molecular weight excluding hydrogens is 564 g/mol. The Morgan fingerprint density at radius 3 is 1.54 bits per heavy atom. The Labute approximate surface area is 223 Å². The van der Waals surface area contributed by atoms with Crippen molar-refractivity contribution in [2.45, 2.75) is 17.8 Å². The van der Waals surface area contributed by atoms with E-state index in [9.17, 15) is 0 Å². The van der Waals surface area contributed by atoms with Crippen molar-refractivity contribution < 1.29 is 9.47 Å². The summed E-state index contributed by atoms with van der Waals surface area (Å²) < 4.78 is 13.1. The number of allylic oxidation sites excluding steroid dienone is 2. The lowest BCUT2D eigenvalue weighted by atomic mass is 9.63. The van der Waals surface area contributed by atoms with E-state index in [-0.39, 0.29) is 11.3 Å². The van der Waals surface area contributed by atoms with Gasteiger partial charge in [0.1, 0.15) is 11.5 Å². The second kappa shape index (κ2) is 10.0. The van der Waals surface area contributed by atoms with Gasteiger partial charge in [0.2, 0.25) is 0 Å². The number of methoxy groups -OCH3 is 2. The highest BCUT2D eigenvalue weighted by atomic mass is 79.9. The summed E-state index contributed by atoms with van der Waals surface area (Å²) in [5, 5.41) is 0. The molecule has 0 N–H and O–H groups in total. The molecule has 0 amide bonds. The largest absolute Gasteiger partial charge is 0.497 e. The van der Waals surface area contributed by atoms with Crippen molar-refractivity contribution in [3.63, 3.8) is 0 Å². The fraction of sp³-hybridized carbons (Fsp3) is 0.161. The van der Waals surface area contributed by atoms with Gasteiger partial charge in [0.15, 0.2) is 0 Å². The molecule has 0 radical (unpaired) electrons. The van der Waals surface area contributed by atoms with Gasteiger partial charge in [-0.1, -0.05) is 86.5 Å². The van der Waals surface area contributed by atoms with E-state index >= 15 is 0 Å². The Morgan fingerprint density at radius 2 is 1.09 bits per heavy atom. The molecule has 0 saturated heterocycles. The first-order valence-electron chi connectivity index (χ1n) is 11.6. The molecule has 0 bridgehead atoms. The van der Waals surface area contributed by atoms with Gasteiger partial charge >= 0.3 is 0 Å². The Balaban J connectivity index is 1.74. The van der Waals surface area contributed by atoms with Crippen molar-refractivity contribution in [2.75, 3.05) is 14.2 Å². The summed E-state index contributed by atoms with van der Waals surface area (Å²) in [4.78, 5) is 0. The van der Waals surface area contributed by atoms with Crippen LogP contribution >= 0.6 is 31.9 Å². The van der Waals surface area contributed by atoms with Crippen LogP contribution in [0.15, 0.2) is 112 Å². The number of benzene rings is 4. The van der Waals surface area contributed by atoms with Crippen LogP contribution in [0.2, 0.25) is 0 Å². The predicted octanol–water partition coefficient (Wildman–Crippen LogP) is 8.79. The molecule has 0 aliphatic heterocycles. The summed E-state index contributed by atoms with van der Waals surface area (Å²) in [5.74, 6) is 1.84. The van der Waals surface area contributed by atoms with Crippen LogP contribution in [0.5, 0.6) is 11.5 Å². The highest BCUT2D eigenvalue weighted by Crippen LogP contribution is 2.58. The van der Waals surface area contributed by atoms with Gasteiger partial charge < -0.3 is 9.47 Å². The molecule has 0 aromatic heterocycles. The van der Waals surface area contributed by atoms with Crippen LogP contribution < -0.4 is 9.47 Å². The molecule has 2 nitrogen and oxygen atoms in total. The highest BCUT2D eigenvalue weighted by Gasteiger charge is 2.47. The number of halogens is 2. The van der Waals surface area contributed by atoms with E-state index < -0.39 is 0 Å². The Hall–Kier alpha value is -2.82. The Morgan fingerprint density at radius 1 is 0.629 bits per heavy atom. The summed E-state index contributed by atoms with van der Waals surface area (Å²) in [6.45, 7) is 0. The standard InChI is InChI=1S/C31H26Br2O2/c1-34-27-15-3-21(4-16-27)29-19-20-31(23-7-11-25(32)12-8-23,24-9-13-26(33)14-10-24)30(29)22-5-17-28(35-2)18-6-22/h3-19,30H,20H2,1-2H3. The monoisotopic (exact) mass is 588 g/mol. The molecule has 1 atom stereocenters. The van der Waals surface area contributed by atoms with Crippen LogP contribution in [0.4, 0.5) is 0 Å². The molecule has 4 aromatic rings. The van der Waals surface area contributed by atoms with E-state index in [0.717, 1.165) is 26.9 Å². The topological polar surface area (TPSA) is 18.5 Å². The lowest BCUT2D eigenvalue weighted by Crippen LogP contribution is -2.32. The molecule has 1 aliphatic carbocycles. The lowest BCUT2D eigenvalue weighted by Gasteiger charge is -2.39. The maximum Gasteiger partial charge on any atom is 0.118 e. The van der Waals surface area contributed by atoms with Crippen molar-refractivity contribution in [1.82, 2.24) is 0 Å². The van der Waals surface area contributed by atoms with Gasteiger partial charge in [-0.2, -0.15) is 0 Å². The van der Waals surface area contributed by atoms with Gasteiger partial charge in [0.05, 0.1) is 14.2 Å². The molecule has 4 aromatic carbocycles. The number of hydrogen-bond acceptors (Lipinski definition) is 2. The number of ether oxygens (including phenoxy) is 2. The van der Waals surface area contributed by atoms with Crippen molar-refractivity contribution >= 4 is 37.4 Å². The first-order valence-corrected chi connectivity index (χ1v) is 13.1. The minimum atomic E-state index is -0.259. The molecule has 0 saturated carbocycles. The summed E-state index contributed by atoms with van der Waals surface area (Å²) in [7, 11) is 3.41. The second-order valence-corrected chi connectivity index (χ2v) is 10.6. The van der Waals surface area contributed by atoms with Crippen LogP contribution in [-0.4, -0.2) is 14.2 Å². The zero-order valence-electron chi connectivity index (χ0n) is 19.7. The first kappa shape index (κ1) is 23.9. The molecule has 1 unspecified atom stereocenters. The average Bonchev–Trinajstić information content (AvgIpc) is 3.31. The molecular formula is C31H26Br2O2. The summed E-state index contributed by atoms with van der Waals surface area (Å²) in [6.07, 6.45) is 3.31. The predicted molar refractivity (Wildman–Crippen MR) is 150 cm³/mol.